The van der Waals surface area contributed by atoms with Gasteiger partial charge in [0.05, 0.1) is 0 Å². The Hall–Kier alpha value is -3.40. The molecule has 0 bridgehead atoms. The molecule has 0 aliphatic heterocycles. The van der Waals surface area contributed by atoms with Crippen LogP contribution in [0.1, 0.15) is 23.5 Å². The van der Waals surface area contributed by atoms with Crippen LogP contribution in [-0.4, -0.2) is 34.3 Å². The topological polar surface area (TPSA) is 172 Å². The Morgan fingerprint density at radius 1 is 1.19 bits per heavy atom. The highest BCUT2D eigenvalue weighted by atomic mass is 35.5. The van der Waals surface area contributed by atoms with Crippen molar-refractivity contribution in [2.24, 2.45) is 16.5 Å². The number of aliphatic imine (C=N–C) groups is 1. The Balaban J connectivity index is 0.00000364. The zero-order valence-corrected chi connectivity index (χ0v) is 14.2. The van der Waals surface area contributed by atoms with Crippen molar-refractivity contribution in [2.45, 2.75) is 14.0 Å². The molecule has 0 spiro atoms. The van der Waals surface area contributed by atoms with E-state index in [2.05, 4.69) is 20.3 Å². The number of ether oxygens (including phenoxy) is 1. The molecule has 144 valence electrons. The van der Waals surface area contributed by atoms with Crippen LogP contribution in [0, 0.1) is 0 Å². The summed E-state index contributed by atoms with van der Waals surface area (Å²) in [4.78, 5) is 34.5. The van der Waals surface area contributed by atoms with Crippen molar-refractivity contribution in [3.63, 3.8) is 0 Å². The number of carbonyl (C=O) groups is 2. The summed E-state index contributed by atoms with van der Waals surface area (Å²) in [6.07, 6.45) is 0. The standard InChI is InChI=1S/C15H16ClN7O3.CH4/c16-11-13(22-12(17)10(21-11)14(25)23-15(18)19)20-6-9(24)26-7-8-4-2-1-3-5-8;/h1-5H,6-7H2,(H3,17,20,22)(H4,18,19,23,25);1H4. The Labute approximate surface area is 160 Å². The number of benzene rings is 1. The fraction of sp³-hybridized carbons (Fsp3) is 0.188. The molecule has 0 radical (unpaired) electrons. The van der Waals surface area contributed by atoms with Gasteiger partial charge in [0, 0.05) is 0 Å². The smallest absolute Gasteiger partial charge is 0.325 e. The number of guanidine groups is 1. The van der Waals surface area contributed by atoms with E-state index in [4.69, 9.17) is 33.5 Å². The van der Waals surface area contributed by atoms with Gasteiger partial charge in [0.2, 0.25) is 0 Å². The van der Waals surface area contributed by atoms with Gasteiger partial charge in [-0.3, -0.25) is 9.59 Å². The molecular formula is C16H20ClN7O3. The summed E-state index contributed by atoms with van der Waals surface area (Å²) in [5.74, 6) is -2.10. The minimum absolute atomic E-state index is 0. The molecule has 0 aliphatic carbocycles. The number of nitrogens with two attached hydrogens (primary N) is 3. The van der Waals surface area contributed by atoms with Crippen LogP contribution in [-0.2, 0) is 16.1 Å². The van der Waals surface area contributed by atoms with Crippen molar-refractivity contribution < 1.29 is 14.3 Å². The lowest BCUT2D eigenvalue weighted by molar-refractivity contribution is -0.142. The number of carbonyl (C=O) groups excluding carboxylic acids is 2. The van der Waals surface area contributed by atoms with Gasteiger partial charge in [-0.15, -0.1) is 0 Å². The molecule has 2 aromatic rings. The van der Waals surface area contributed by atoms with Crippen molar-refractivity contribution in [1.82, 2.24) is 9.97 Å². The predicted octanol–water partition coefficient (Wildman–Crippen LogP) is 0.917. The first kappa shape index (κ1) is 21.6. The molecule has 1 heterocycles. The molecule has 27 heavy (non-hydrogen) atoms. The fourth-order valence-corrected chi connectivity index (χ4v) is 2.01. The van der Waals surface area contributed by atoms with E-state index in [0.717, 1.165) is 5.56 Å². The van der Waals surface area contributed by atoms with E-state index in [9.17, 15) is 9.59 Å². The van der Waals surface area contributed by atoms with Crippen LogP contribution in [0.25, 0.3) is 0 Å². The van der Waals surface area contributed by atoms with Gasteiger partial charge >= 0.3 is 11.9 Å². The van der Waals surface area contributed by atoms with E-state index in [0.29, 0.717) is 0 Å². The lowest BCUT2D eigenvalue weighted by Gasteiger charge is -2.09. The Morgan fingerprint density at radius 3 is 2.48 bits per heavy atom. The first-order valence-electron chi connectivity index (χ1n) is 7.27. The molecule has 0 saturated carbocycles. The number of esters is 1. The normalized spacial score (nSPS) is 9.67. The van der Waals surface area contributed by atoms with Crippen LogP contribution in [0.5, 0.6) is 0 Å². The molecule has 11 heteroatoms. The summed E-state index contributed by atoms with van der Waals surface area (Å²) in [5.41, 5.74) is 16.4. The quantitative estimate of drug-likeness (QED) is 0.316. The maximum atomic E-state index is 11.8. The predicted molar refractivity (Wildman–Crippen MR) is 103 cm³/mol. The molecule has 1 aromatic carbocycles. The van der Waals surface area contributed by atoms with Crippen LogP contribution in [0.4, 0.5) is 11.6 Å². The SMILES string of the molecule is C.NC(N)=NC(=O)c1nc(Cl)c(NCC(=O)OCc2ccccc2)nc1N. The van der Waals surface area contributed by atoms with Gasteiger partial charge in [-0.1, -0.05) is 49.4 Å². The number of nitrogen functional groups attached to an aromatic ring is 1. The first-order chi connectivity index (χ1) is 12.4. The lowest BCUT2D eigenvalue weighted by Crippen LogP contribution is -2.25. The summed E-state index contributed by atoms with van der Waals surface area (Å²) in [7, 11) is 0. The highest BCUT2D eigenvalue weighted by Crippen LogP contribution is 2.20. The van der Waals surface area contributed by atoms with Crippen molar-refractivity contribution in [3.05, 3.63) is 46.7 Å². The van der Waals surface area contributed by atoms with E-state index in [1.165, 1.54) is 0 Å². The van der Waals surface area contributed by atoms with Crippen LogP contribution in [0.15, 0.2) is 35.3 Å². The van der Waals surface area contributed by atoms with Gasteiger partial charge in [-0.05, 0) is 5.56 Å². The van der Waals surface area contributed by atoms with Crippen LogP contribution in [0.2, 0.25) is 5.15 Å². The largest absolute Gasteiger partial charge is 0.460 e. The summed E-state index contributed by atoms with van der Waals surface area (Å²) in [6, 6.07) is 9.20. The number of halogens is 1. The second kappa shape index (κ2) is 9.92. The number of amides is 1. The third-order valence-electron chi connectivity index (χ3n) is 2.96. The van der Waals surface area contributed by atoms with Gasteiger partial charge in [0.1, 0.15) is 13.2 Å². The van der Waals surface area contributed by atoms with Crippen molar-refractivity contribution in [1.29, 1.82) is 0 Å². The third-order valence-corrected chi connectivity index (χ3v) is 3.22. The van der Waals surface area contributed by atoms with E-state index in [-0.39, 0.29) is 43.1 Å². The molecule has 7 N–H and O–H groups in total. The number of aromatic nitrogens is 2. The van der Waals surface area contributed by atoms with E-state index in [1.54, 1.807) is 0 Å². The van der Waals surface area contributed by atoms with Crippen molar-refractivity contribution >= 4 is 41.1 Å². The number of hydrogen-bond donors (Lipinski definition) is 4. The number of hydrogen-bond acceptors (Lipinski definition) is 7. The number of nitrogens with zero attached hydrogens (tertiary/aromatic N) is 3. The number of nitrogens with one attached hydrogen (secondary N) is 1. The molecule has 0 fully saturated rings. The Bertz CT molecular complexity index is 839. The maximum Gasteiger partial charge on any atom is 0.325 e. The Kier molecular flexibility index (Phi) is 7.95. The Morgan fingerprint density at radius 2 is 1.85 bits per heavy atom. The summed E-state index contributed by atoms with van der Waals surface area (Å²) in [5, 5.41) is 2.46. The number of rotatable bonds is 6. The average molecular weight is 394 g/mol. The van der Waals surface area contributed by atoms with Gasteiger partial charge < -0.3 is 27.3 Å². The molecule has 1 aromatic heterocycles. The zero-order valence-electron chi connectivity index (χ0n) is 13.5. The molecule has 0 saturated heterocycles. The zero-order chi connectivity index (χ0) is 19.1. The summed E-state index contributed by atoms with van der Waals surface area (Å²) in [6.45, 7) is -0.0866. The summed E-state index contributed by atoms with van der Waals surface area (Å²) >= 11 is 5.93. The van der Waals surface area contributed by atoms with Gasteiger partial charge in [-0.2, -0.15) is 4.99 Å². The van der Waals surface area contributed by atoms with Gasteiger partial charge in [0.15, 0.2) is 28.4 Å². The van der Waals surface area contributed by atoms with Crippen molar-refractivity contribution in [2.75, 3.05) is 17.6 Å². The molecule has 2 rings (SSSR count). The number of anilines is 2. The second-order valence-electron chi connectivity index (χ2n) is 4.94. The maximum absolute atomic E-state index is 11.8. The van der Waals surface area contributed by atoms with E-state index in [1.807, 2.05) is 30.3 Å². The molecule has 0 aliphatic rings. The van der Waals surface area contributed by atoms with E-state index >= 15 is 0 Å². The third kappa shape index (κ3) is 6.44. The molecule has 0 unspecified atom stereocenters. The monoisotopic (exact) mass is 393 g/mol. The fourth-order valence-electron chi connectivity index (χ4n) is 1.81. The highest BCUT2D eigenvalue weighted by molar-refractivity contribution is 6.32. The van der Waals surface area contributed by atoms with Gasteiger partial charge in [0.25, 0.3) is 0 Å². The highest BCUT2D eigenvalue weighted by Gasteiger charge is 2.17. The lowest BCUT2D eigenvalue weighted by atomic mass is 10.2. The van der Waals surface area contributed by atoms with Gasteiger partial charge in [-0.25, -0.2) is 9.97 Å². The minimum Gasteiger partial charge on any atom is -0.460 e. The first-order valence-corrected chi connectivity index (χ1v) is 7.65. The van der Waals surface area contributed by atoms with Crippen molar-refractivity contribution in [3.8, 4) is 0 Å². The average Bonchev–Trinajstić information content (AvgIpc) is 2.60. The minimum atomic E-state index is -0.884. The molecular weight excluding hydrogens is 374 g/mol. The van der Waals surface area contributed by atoms with Crippen LogP contribution < -0.4 is 22.5 Å². The molecule has 10 nitrogen and oxygen atoms in total. The van der Waals surface area contributed by atoms with Crippen LogP contribution in [0.3, 0.4) is 0 Å². The second-order valence-corrected chi connectivity index (χ2v) is 5.30. The summed E-state index contributed by atoms with van der Waals surface area (Å²) < 4.78 is 5.10. The van der Waals surface area contributed by atoms with E-state index < -0.39 is 17.8 Å². The molecule has 1 amide bonds. The molecule has 0 atom stereocenters. The van der Waals surface area contributed by atoms with Crippen LogP contribution >= 0.6 is 11.6 Å².